The summed E-state index contributed by atoms with van der Waals surface area (Å²) in [7, 11) is 0. The smallest absolute Gasteiger partial charge is 0.316 e. The van der Waals surface area contributed by atoms with Crippen LogP contribution in [0.25, 0.3) is 0 Å². The van der Waals surface area contributed by atoms with Gasteiger partial charge in [-0.3, -0.25) is 14.9 Å². The van der Waals surface area contributed by atoms with E-state index in [0.29, 0.717) is 13.0 Å². The fourth-order valence-corrected chi connectivity index (χ4v) is 1.27. The SMILES string of the molecule is C/C(=C\[C@]1(C)CCOC1=O)[N+](=O)[O-]. The van der Waals surface area contributed by atoms with Crippen molar-refractivity contribution in [1.82, 2.24) is 0 Å². The number of hydrogen-bond donors (Lipinski definition) is 0. The van der Waals surface area contributed by atoms with E-state index in [4.69, 9.17) is 4.74 Å². The standard InChI is InChI=1S/C8H11NO4/c1-6(9(11)12)5-8(2)3-4-13-7(8)10/h5H,3-4H2,1-2H3/b6-5+/t8-/m0/s1. The number of nitrogens with zero attached hydrogens (tertiary/aromatic N) is 1. The maximum absolute atomic E-state index is 11.2. The number of cyclic esters (lactones) is 1. The fourth-order valence-electron chi connectivity index (χ4n) is 1.27. The summed E-state index contributed by atoms with van der Waals surface area (Å²) in [4.78, 5) is 21.0. The van der Waals surface area contributed by atoms with Gasteiger partial charge in [0, 0.05) is 19.4 Å². The predicted molar refractivity (Wildman–Crippen MR) is 44.4 cm³/mol. The molecule has 0 aliphatic carbocycles. The van der Waals surface area contributed by atoms with Crippen molar-refractivity contribution in [3.05, 3.63) is 21.9 Å². The zero-order valence-electron chi connectivity index (χ0n) is 7.57. The van der Waals surface area contributed by atoms with Gasteiger partial charge in [-0.1, -0.05) is 0 Å². The minimum atomic E-state index is -0.808. The van der Waals surface area contributed by atoms with Crippen LogP contribution >= 0.6 is 0 Å². The molecule has 0 radical (unpaired) electrons. The van der Waals surface area contributed by atoms with Crippen LogP contribution in [0, 0.1) is 15.5 Å². The van der Waals surface area contributed by atoms with Gasteiger partial charge in [0.2, 0.25) is 5.70 Å². The van der Waals surface area contributed by atoms with Gasteiger partial charge in [-0.25, -0.2) is 0 Å². The summed E-state index contributed by atoms with van der Waals surface area (Å²) < 4.78 is 4.74. The molecule has 1 fully saturated rings. The van der Waals surface area contributed by atoms with Gasteiger partial charge in [-0.2, -0.15) is 0 Å². The number of rotatable bonds is 2. The number of allylic oxidation sites excluding steroid dienone is 1. The molecule has 0 bridgehead atoms. The third kappa shape index (κ3) is 1.85. The van der Waals surface area contributed by atoms with Crippen LogP contribution in [0.3, 0.4) is 0 Å². The van der Waals surface area contributed by atoms with Gasteiger partial charge in [-0.15, -0.1) is 0 Å². The van der Waals surface area contributed by atoms with E-state index in [1.54, 1.807) is 6.92 Å². The van der Waals surface area contributed by atoms with Gasteiger partial charge in [0.05, 0.1) is 16.9 Å². The van der Waals surface area contributed by atoms with Crippen molar-refractivity contribution in [2.24, 2.45) is 5.41 Å². The van der Waals surface area contributed by atoms with Gasteiger partial charge < -0.3 is 4.74 Å². The van der Waals surface area contributed by atoms with Crippen molar-refractivity contribution < 1.29 is 14.5 Å². The Hall–Kier alpha value is -1.39. The maximum atomic E-state index is 11.2. The lowest BCUT2D eigenvalue weighted by Crippen LogP contribution is -2.20. The third-order valence-electron chi connectivity index (χ3n) is 2.14. The topological polar surface area (TPSA) is 69.4 Å². The Kier molecular flexibility index (Phi) is 2.36. The second kappa shape index (κ2) is 3.16. The molecule has 0 N–H and O–H groups in total. The second-order valence-corrected chi connectivity index (χ2v) is 3.35. The van der Waals surface area contributed by atoms with E-state index in [9.17, 15) is 14.9 Å². The van der Waals surface area contributed by atoms with Crippen LogP contribution in [-0.4, -0.2) is 17.5 Å². The predicted octanol–water partition coefficient (Wildman–Crippen LogP) is 1.12. The number of esters is 1. The molecular weight excluding hydrogens is 174 g/mol. The summed E-state index contributed by atoms with van der Waals surface area (Å²) in [6.07, 6.45) is 1.87. The molecule has 0 aromatic carbocycles. The molecule has 0 aromatic heterocycles. The summed E-state index contributed by atoms with van der Waals surface area (Å²) >= 11 is 0. The zero-order chi connectivity index (χ0) is 10.1. The molecule has 1 heterocycles. The highest BCUT2D eigenvalue weighted by Gasteiger charge is 2.39. The highest BCUT2D eigenvalue weighted by atomic mass is 16.6. The van der Waals surface area contributed by atoms with E-state index in [1.165, 1.54) is 13.0 Å². The Bertz CT molecular complexity index is 284. The normalized spacial score (nSPS) is 28.8. The van der Waals surface area contributed by atoms with Crippen LogP contribution in [0.2, 0.25) is 0 Å². The molecule has 5 heteroatoms. The molecule has 0 spiro atoms. The van der Waals surface area contributed by atoms with Crippen molar-refractivity contribution in [1.29, 1.82) is 0 Å². The number of carbonyl (C=O) groups excluding carboxylic acids is 1. The first-order valence-corrected chi connectivity index (χ1v) is 3.97. The minimum absolute atomic E-state index is 0.0126. The Morgan fingerprint density at radius 1 is 1.77 bits per heavy atom. The molecule has 1 rings (SSSR count). The van der Waals surface area contributed by atoms with Crippen LogP contribution in [0.15, 0.2) is 11.8 Å². The summed E-state index contributed by atoms with van der Waals surface area (Å²) in [5.41, 5.74) is -0.821. The lowest BCUT2D eigenvalue weighted by Gasteiger charge is -2.11. The van der Waals surface area contributed by atoms with Crippen LogP contribution < -0.4 is 0 Å². The highest BCUT2D eigenvalue weighted by molar-refractivity contribution is 5.80. The van der Waals surface area contributed by atoms with E-state index >= 15 is 0 Å². The first-order chi connectivity index (χ1) is 5.96. The van der Waals surface area contributed by atoms with E-state index in [0.717, 1.165) is 0 Å². The van der Waals surface area contributed by atoms with Crippen molar-refractivity contribution in [3.8, 4) is 0 Å². The van der Waals surface area contributed by atoms with Crippen molar-refractivity contribution in [2.75, 3.05) is 6.61 Å². The fraction of sp³-hybridized carbons (Fsp3) is 0.625. The molecule has 1 aliphatic heterocycles. The molecule has 1 atom stereocenters. The van der Waals surface area contributed by atoms with Gasteiger partial charge in [0.1, 0.15) is 0 Å². The van der Waals surface area contributed by atoms with Gasteiger partial charge >= 0.3 is 5.97 Å². The Morgan fingerprint density at radius 3 is 2.77 bits per heavy atom. The maximum Gasteiger partial charge on any atom is 0.316 e. The number of hydrogen-bond acceptors (Lipinski definition) is 4. The van der Waals surface area contributed by atoms with E-state index in [1.807, 2.05) is 0 Å². The van der Waals surface area contributed by atoms with E-state index in [2.05, 4.69) is 0 Å². The number of nitro groups is 1. The molecule has 5 nitrogen and oxygen atoms in total. The largest absolute Gasteiger partial charge is 0.465 e. The lowest BCUT2D eigenvalue weighted by atomic mass is 9.88. The molecular formula is C8H11NO4. The average Bonchev–Trinajstić information content (AvgIpc) is 2.32. The van der Waals surface area contributed by atoms with Crippen molar-refractivity contribution in [2.45, 2.75) is 20.3 Å². The molecule has 72 valence electrons. The Morgan fingerprint density at radius 2 is 2.38 bits per heavy atom. The molecule has 0 unspecified atom stereocenters. The zero-order valence-corrected chi connectivity index (χ0v) is 7.57. The molecule has 0 aromatic rings. The minimum Gasteiger partial charge on any atom is -0.465 e. The first-order valence-electron chi connectivity index (χ1n) is 3.97. The van der Waals surface area contributed by atoms with Crippen LogP contribution in [0.5, 0.6) is 0 Å². The van der Waals surface area contributed by atoms with Crippen molar-refractivity contribution in [3.63, 3.8) is 0 Å². The number of ether oxygens (including phenoxy) is 1. The average molecular weight is 185 g/mol. The lowest BCUT2D eigenvalue weighted by molar-refractivity contribution is -0.425. The van der Waals surface area contributed by atoms with Gasteiger partial charge in [0.15, 0.2) is 0 Å². The quantitative estimate of drug-likeness (QED) is 0.367. The van der Waals surface area contributed by atoms with E-state index in [-0.39, 0.29) is 11.7 Å². The summed E-state index contributed by atoms with van der Waals surface area (Å²) in [6.45, 7) is 3.36. The summed E-state index contributed by atoms with van der Waals surface area (Å²) in [6, 6.07) is 0. The van der Waals surface area contributed by atoms with Crippen LogP contribution in [0.1, 0.15) is 20.3 Å². The molecule has 0 amide bonds. The number of carbonyl (C=O) groups is 1. The molecule has 1 saturated heterocycles. The molecule has 1 aliphatic rings. The monoisotopic (exact) mass is 185 g/mol. The molecule has 13 heavy (non-hydrogen) atoms. The summed E-state index contributed by atoms with van der Waals surface area (Å²) in [5.74, 6) is -0.381. The van der Waals surface area contributed by atoms with Crippen LogP contribution in [0.4, 0.5) is 0 Å². The van der Waals surface area contributed by atoms with Gasteiger partial charge in [0.25, 0.3) is 0 Å². The van der Waals surface area contributed by atoms with E-state index < -0.39 is 10.3 Å². The third-order valence-corrected chi connectivity index (χ3v) is 2.14. The van der Waals surface area contributed by atoms with Gasteiger partial charge in [-0.05, 0) is 6.92 Å². The first kappa shape index (κ1) is 9.70. The Balaban J connectivity index is 2.88. The second-order valence-electron chi connectivity index (χ2n) is 3.35. The van der Waals surface area contributed by atoms with Crippen molar-refractivity contribution >= 4 is 5.97 Å². The highest BCUT2D eigenvalue weighted by Crippen LogP contribution is 2.31. The molecule has 0 saturated carbocycles. The van der Waals surface area contributed by atoms with Crippen LogP contribution in [-0.2, 0) is 9.53 Å². The Labute approximate surface area is 75.5 Å². The summed E-state index contributed by atoms with van der Waals surface area (Å²) in [5, 5.41) is 10.3.